The molecule has 0 fully saturated rings. The van der Waals surface area contributed by atoms with E-state index >= 15 is 0 Å². The van der Waals surface area contributed by atoms with Gasteiger partial charge in [0.05, 0.1) is 6.04 Å². The van der Waals surface area contributed by atoms with E-state index in [1.807, 2.05) is 36.9 Å². The molecule has 0 radical (unpaired) electrons. The maximum atomic E-state index is 13.7. The van der Waals surface area contributed by atoms with Crippen LogP contribution in [0.5, 0.6) is 0 Å². The van der Waals surface area contributed by atoms with Crippen molar-refractivity contribution in [3.63, 3.8) is 0 Å². The molecule has 4 nitrogen and oxygen atoms in total. The summed E-state index contributed by atoms with van der Waals surface area (Å²) in [4.78, 5) is 31.9. The first kappa shape index (κ1) is 24.2. The highest BCUT2D eigenvalue weighted by atomic mass is 32.1. The maximum Gasteiger partial charge on any atom is 0.254 e. The molecular formula is C29H34N2O2S. The Hall–Kier alpha value is -2.92. The highest BCUT2D eigenvalue weighted by molar-refractivity contribution is 7.10. The predicted octanol–water partition coefficient (Wildman–Crippen LogP) is 6.07. The van der Waals surface area contributed by atoms with Gasteiger partial charge in [-0.05, 0) is 66.0 Å². The quantitative estimate of drug-likeness (QED) is 0.450. The Balaban J connectivity index is 1.63. The molecule has 1 aliphatic heterocycles. The van der Waals surface area contributed by atoms with Gasteiger partial charge >= 0.3 is 0 Å². The van der Waals surface area contributed by atoms with Gasteiger partial charge in [0.2, 0.25) is 5.91 Å². The molecule has 1 atom stereocenters. The summed E-state index contributed by atoms with van der Waals surface area (Å²) in [6.07, 6.45) is 0.851. The summed E-state index contributed by atoms with van der Waals surface area (Å²) in [6, 6.07) is 19.8. The number of thiophene rings is 1. The summed E-state index contributed by atoms with van der Waals surface area (Å²) in [6.45, 7) is 11.3. The van der Waals surface area contributed by atoms with Gasteiger partial charge in [-0.25, -0.2) is 0 Å². The number of nitrogens with zero attached hydrogens (tertiary/aromatic N) is 2. The number of amides is 2. The Bertz CT molecular complexity index is 1140. The van der Waals surface area contributed by atoms with E-state index in [9.17, 15) is 9.59 Å². The van der Waals surface area contributed by atoms with E-state index in [4.69, 9.17) is 0 Å². The van der Waals surface area contributed by atoms with Crippen LogP contribution >= 0.6 is 11.3 Å². The lowest BCUT2D eigenvalue weighted by Gasteiger charge is -2.38. The molecule has 34 heavy (non-hydrogen) atoms. The lowest BCUT2D eigenvalue weighted by molar-refractivity contribution is -0.134. The predicted molar refractivity (Wildman–Crippen MR) is 139 cm³/mol. The van der Waals surface area contributed by atoms with E-state index in [0.717, 1.165) is 12.0 Å². The van der Waals surface area contributed by atoms with Crippen molar-refractivity contribution in [2.45, 2.75) is 58.5 Å². The first-order chi connectivity index (χ1) is 16.2. The van der Waals surface area contributed by atoms with Crippen LogP contribution in [0.4, 0.5) is 0 Å². The lowest BCUT2D eigenvalue weighted by atomic mass is 9.85. The molecule has 5 heteroatoms. The van der Waals surface area contributed by atoms with Crippen molar-refractivity contribution in [2.75, 3.05) is 13.1 Å². The monoisotopic (exact) mass is 474 g/mol. The second-order valence-corrected chi connectivity index (χ2v) is 11.3. The van der Waals surface area contributed by atoms with Crippen LogP contribution in [0.25, 0.3) is 0 Å². The number of rotatable bonds is 5. The third kappa shape index (κ3) is 4.95. The highest BCUT2D eigenvalue weighted by Gasteiger charge is 2.34. The average Bonchev–Trinajstić information content (AvgIpc) is 3.30. The molecule has 0 bridgehead atoms. The Morgan fingerprint density at radius 3 is 2.32 bits per heavy atom. The molecule has 0 saturated heterocycles. The molecule has 2 aromatic carbocycles. The first-order valence-corrected chi connectivity index (χ1v) is 12.9. The van der Waals surface area contributed by atoms with Gasteiger partial charge in [-0.15, -0.1) is 11.3 Å². The van der Waals surface area contributed by atoms with Crippen LogP contribution in [0.3, 0.4) is 0 Å². The minimum atomic E-state index is -0.127. The van der Waals surface area contributed by atoms with E-state index in [1.54, 1.807) is 28.4 Å². The van der Waals surface area contributed by atoms with E-state index in [0.29, 0.717) is 12.1 Å². The second-order valence-electron chi connectivity index (χ2n) is 10.3. The van der Waals surface area contributed by atoms with Gasteiger partial charge in [0.15, 0.2) is 0 Å². The Morgan fingerprint density at radius 2 is 1.71 bits per heavy atom. The Kier molecular flexibility index (Phi) is 6.94. The minimum absolute atomic E-state index is 0.0141. The van der Waals surface area contributed by atoms with Crippen LogP contribution in [-0.4, -0.2) is 40.7 Å². The van der Waals surface area contributed by atoms with Gasteiger partial charge in [-0.1, -0.05) is 63.2 Å². The third-order valence-electron chi connectivity index (χ3n) is 6.59. The molecule has 1 aromatic heterocycles. The SMILES string of the molecule is CC(C)N(CC(=O)N1CCc2sccc2C1c1ccc(C(C)(C)C)cc1)C(=O)c1ccccc1. The van der Waals surface area contributed by atoms with Gasteiger partial charge in [0, 0.05) is 23.0 Å². The van der Waals surface area contributed by atoms with Crippen LogP contribution in [-0.2, 0) is 16.6 Å². The van der Waals surface area contributed by atoms with Gasteiger partial charge in [-0.3, -0.25) is 9.59 Å². The second kappa shape index (κ2) is 9.75. The molecule has 1 unspecified atom stereocenters. The Labute approximate surface area is 207 Å². The van der Waals surface area contributed by atoms with Crippen molar-refractivity contribution in [1.82, 2.24) is 9.80 Å². The molecule has 0 saturated carbocycles. The third-order valence-corrected chi connectivity index (χ3v) is 7.59. The number of benzene rings is 2. The van der Waals surface area contributed by atoms with E-state index in [1.165, 1.54) is 16.0 Å². The number of hydrogen-bond donors (Lipinski definition) is 0. The fourth-order valence-corrected chi connectivity index (χ4v) is 5.49. The standard InChI is InChI=1S/C29H34N2O2S/c1-20(2)31(28(33)22-9-7-6-8-10-22)19-26(32)30-17-15-25-24(16-18-34-25)27(30)21-11-13-23(14-12-21)29(3,4)5/h6-14,16,18,20,27H,15,17,19H2,1-5H3. The number of fused-ring (bicyclic) bond motifs is 1. The average molecular weight is 475 g/mol. The van der Waals surface area contributed by atoms with Crippen LogP contribution in [0, 0.1) is 0 Å². The molecule has 2 amide bonds. The van der Waals surface area contributed by atoms with Crippen LogP contribution in [0.15, 0.2) is 66.0 Å². The molecule has 0 spiro atoms. The van der Waals surface area contributed by atoms with Crippen LogP contribution in [0.1, 0.15) is 72.6 Å². The van der Waals surface area contributed by atoms with Gasteiger partial charge in [0.1, 0.15) is 6.54 Å². The number of carbonyl (C=O) groups is 2. The zero-order valence-electron chi connectivity index (χ0n) is 20.7. The van der Waals surface area contributed by atoms with E-state index in [2.05, 4.69) is 56.5 Å². The molecule has 4 rings (SSSR count). The van der Waals surface area contributed by atoms with Crippen molar-refractivity contribution in [3.05, 3.63) is 93.2 Å². The lowest BCUT2D eigenvalue weighted by Crippen LogP contribution is -2.48. The highest BCUT2D eigenvalue weighted by Crippen LogP contribution is 2.38. The fourth-order valence-electron chi connectivity index (χ4n) is 4.58. The Morgan fingerprint density at radius 1 is 1.03 bits per heavy atom. The molecule has 2 heterocycles. The molecule has 3 aromatic rings. The summed E-state index contributed by atoms with van der Waals surface area (Å²) in [5, 5.41) is 2.12. The van der Waals surface area contributed by atoms with Gasteiger partial charge in [0.25, 0.3) is 5.91 Å². The van der Waals surface area contributed by atoms with Crippen LogP contribution < -0.4 is 0 Å². The largest absolute Gasteiger partial charge is 0.330 e. The molecule has 0 aliphatic carbocycles. The maximum absolute atomic E-state index is 13.7. The summed E-state index contributed by atoms with van der Waals surface area (Å²) in [5.74, 6) is -0.122. The van der Waals surface area contributed by atoms with Crippen LogP contribution in [0.2, 0.25) is 0 Å². The normalized spacial score (nSPS) is 15.8. The van der Waals surface area contributed by atoms with E-state index < -0.39 is 0 Å². The van der Waals surface area contributed by atoms with Crippen molar-refractivity contribution in [2.24, 2.45) is 0 Å². The molecule has 0 N–H and O–H groups in total. The summed E-state index contributed by atoms with van der Waals surface area (Å²) in [5.41, 5.74) is 4.28. The summed E-state index contributed by atoms with van der Waals surface area (Å²) < 4.78 is 0. The van der Waals surface area contributed by atoms with Crippen molar-refractivity contribution in [3.8, 4) is 0 Å². The van der Waals surface area contributed by atoms with Gasteiger partial charge in [-0.2, -0.15) is 0 Å². The summed E-state index contributed by atoms with van der Waals surface area (Å²) in [7, 11) is 0. The minimum Gasteiger partial charge on any atom is -0.330 e. The molecular weight excluding hydrogens is 440 g/mol. The number of hydrogen-bond acceptors (Lipinski definition) is 3. The smallest absolute Gasteiger partial charge is 0.254 e. The first-order valence-electron chi connectivity index (χ1n) is 12.0. The topological polar surface area (TPSA) is 40.6 Å². The van der Waals surface area contributed by atoms with Gasteiger partial charge < -0.3 is 9.80 Å². The van der Waals surface area contributed by atoms with Crippen molar-refractivity contribution < 1.29 is 9.59 Å². The fraction of sp³-hybridized carbons (Fsp3) is 0.379. The molecule has 178 valence electrons. The van der Waals surface area contributed by atoms with E-state index in [-0.39, 0.29) is 35.9 Å². The van der Waals surface area contributed by atoms with Crippen molar-refractivity contribution in [1.29, 1.82) is 0 Å². The number of carbonyl (C=O) groups excluding carboxylic acids is 2. The molecule has 1 aliphatic rings. The van der Waals surface area contributed by atoms with Crippen molar-refractivity contribution >= 4 is 23.2 Å². The summed E-state index contributed by atoms with van der Waals surface area (Å²) >= 11 is 1.76. The zero-order valence-corrected chi connectivity index (χ0v) is 21.6. The zero-order chi connectivity index (χ0) is 24.5.